The van der Waals surface area contributed by atoms with Crippen molar-refractivity contribution in [3.63, 3.8) is 0 Å². The molecular formula is C15H17BrN2. The maximum absolute atomic E-state index is 5.57. The molecule has 0 aliphatic carbocycles. The molecule has 0 unspecified atom stereocenters. The van der Waals surface area contributed by atoms with E-state index in [0.717, 1.165) is 17.6 Å². The average molecular weight is 305 g/mol. The van der Waals surface area contributed by atoms with Crippen LogP contribution in [0.15, 0.2) is 53.0 Å². The second kappa shape index (κ2) is 6.69. The molecule has 0 heterocycles. The molecule has 0 bridgehead atoms. The normalized spacial score (nSPS) is 10.6. The summed E-state index contributed by atoms with van der Waals surface area (Å²) in [5.41, 5.74) is 9.30. The van der Waals surface area contributed by atoms with Gasteiger partial charge >= 0.3 is 0 Å². The summed E-state index contributed by atoms with van der Waals surface area (Å²) in [6.45, 7) is 2.35. The fraction of sp³-hybridized carbons (Fsp3) is 0.200. The number of halogens is 1. The molecule has 0 spiro atoms. The lowest BCUT2D eigenvalue weighted by molar-refractivity contribution is 0.693. The topological polar surface area (TPSA) is 38.0 Å². The average Bonchev–Trinajstić information content (AvgIpc) is 2.40. The molecular weight excluding hydrogens is 288 g/mol. The first-order valence-corrected chi connectivity index (χ1v) is 6.80. The van der Waals surface area contributed by atoms with Crippen molar-refractivity contribution in [1.29, 1.82) is 0 Å². The molecule has 0 saturated carbocycles. The Kier molecular flexibility index (Phi) is 4.93. The Morgan fingerprint density at radius 3 is 2.22 bits per heavy atom. The first kappa shape index (κ1) is 13.3. The van der Waals surface area contributed by atoms with Crippen LogP contribution in [0.3, 0.4) is 0 Å². The van der Waals surface area contributed by atoms with Gasteiger partial charge in [0, 0.05) is 24.1 Å². The van der Waals surface area contributed by atoms with Crippen molar-refractivity contribution in [2.75, 3.05) is 0 Å². The van der Waals surface area contributed by atoms with E-state index >= 15 is 0 Å². The maximum Gasteiger partial charge on any atom is 0.0209 e. The summed E-state index contributed by atoms with van der Waals surface area (Å²) in [5, 5.41) is 3.43. The van der Waals surface area contributed by atoms with Crippen molar-refractivity contribution in [1.82, 2.24) is 5.32 Å². The van der Waals surface area contributed by atoms with E-state index in [-0.39, 0.29) is 0 Å². The van der Waals surface area contributed by atoms with Crippen LogP contribution in [-0.2, 0) is 19.6 Å². The van der Waals surface area contributed by atoms with Gasteiger partial charge in [-0.1, -0.05) is 52.3 Å². The van der Waals surface area contributed by atoms with Crippen molar-refractivity contribution in [3.05, 3.63) is 69.7 Å². The van der Waals surface area contributed by atoms with Crippen molar-refractivity contribution in [2.45, 2.75) is 19.6 Å². The van der Waals surface area contributed by atoms with E-state index in [1.807, 2.05) is 6.07 Å². The number of nitrogens with two attached hydrogens (primary N) is 1. The highest BCUT2D eigenvalue weighted by molar-refractivity contribution is 9.10. The zero-order valence-corrected chi connectivity index (χ0v) is 11.8. The molecule has 3 heteroatoms. The van der Waals surface area contributed by atoms with Crippen LogP contribution in [0.4, 0.5) is 0 Å². The minimum Gasteiger partial charge on any atom is -0.326 e. The molecule has 0 atom stereocenters. The lowest BCUT2D eigenvalue weighted by Gasteiger charge is -2.06. The molecule has 2 aromatic rings. The number of hydrogen-bond acceptors (Lipinski definition) is 2. The van der Waals surface area contributed by atoms with Gasteiger partial charge in [-0.3, -0.25) is 0 Å². The quantitative estimate of drug-likeness (QED) is 0.890. The van der Waals surface area contributed by atoms with Gasteiger partial charge in [0.15, 0.2) is 0 Å². The monoisotopic (exact) mass is 304 g/mol. The van der Waals surface area contributed by atoms with Crippen molar-refractivity contribution < 1.29 is 0 Å². The highest BCUT2D eigenvalue weighted by Gasteiger charge is 1.96. The summed E-state index contributed by atoms with van der Waals surface area (Å²) in [6.07, 6.45) is 0. The Morgan fingerprint density at radius 2 is 1.56 bits per heavy atom. The lowest BCUT2D eigenvalue weighted by Crippen LogP contribution is -2.12. The summed E-state index contributed by atoms with van der Waals surface area (Å²) < 4.78 is 1.12. The van der Waals surface area contributed by atoms with Crippen molar-refractivity contribution in [2.24, 2.45) is 5.73 Å². The van der Waals surface area contributed by atoms with Crippen LogP contribution in [0.1, 0.15) is 16.7 Å². The molecule has 18 heavy (non-hydrogen) atoms. The van der Waals surface area contributed by atoms with E-state index in [1.54, 1.807) is 0 Å². The smallest absolute Gasteiger partial charge is 0.0209 e. The highest BCUT2D eigenvalue weighted by atomic mass is 79.9. The van der Waals surface area contributed by atoms with E-state index in [4.69, 9.17) is 5.73 Å². The summed E-state index contributed by atoms with van der Waals surface area (Å²) in [7, 11) is 0. The highest BCUT2D eigenvalue weighted by Crippen LogP contribution is 2.11. The molecule has 2 aromatic carbocycles. The van der Waals surface area contributed by atoms with Crippen LogP contribution < -0.4 is 11.1 Å². The van der Waals surface area contributed by atoms with Crippen LogP contribution in [0.5, 0.6) is 0 Å². The van der Waals surface area contributed by atoms with Crippen LogP contribution in [0.2, 0.25) is 0 Å². The predicted molar refractivity (Wildman–Crippen MR) is 79.0 cm³/mol. The third-order valence-electron chi connectivity index (χ3n) is 2.81. The van der Waals surface area contributed by atoms with Gasteiger partial charge in [0.25, 0.3) is 0 Å². The minimum atomic E-state index is 0.603. The molecule has 2 rings (SSSR count). The molecule has 0 aromatic heterocycles. The predicted octanol–water partition coefficient (Wildman–Crippen LogP) is 3.20. The van der Waals surface area contributed by atoms with Crippen LogP contribution in [-0.4, -0.2) is 0 Å². The third kappa shape index (κ3) is 3.95. The van der Waals surface area contributed by atoms with E-state index in [9.17, 15) is 0 Å². The fourth-order valence-electron chi connectivity index (χ4n) is 1.79. The van der Waals surface area contributed by atoms with Gasteiger partial charge in [-0.25, -0.2) is 0 Å². The van der Waals surface area contributed by atoms with Gasteiger partial charge in [0.2, 0.25) is 0 Å². The van der Waals surface area contributed by atoms with Gasteiger partial charge in [0.1, 0.15) is 0 Å². The van der Waals surface area contributed by atoms with E-state index in [2.05, 4.69) is 63.7 Å². The number of hydrogen-bond donors (Lipinski definition) is 2. The molecule has 0 radical (unpaired) electrons. The molecule has 94 valence electrons. The third-order valence-corrected chi connectivity index (χ3v) is 3.30. The number of benzene rings is 2. The van der Waals surface area contributed by atoms with E-state index < -0.39 is 0 Å². The summed E-state index contributed by atoms with van der Waals surface area (Å²) in [6, 6.07) is 16.7. The van der Waals surface area contributed by atoms with E-state index in [0.29, 0.717) is 6.54 Å². The zero-order chi connectivity index (χ0) is 12.8. The van der Waals surface area contributed by atoms with Gasteiger partial charge in [-0.15, -0.1) is 0 Å². The summed E-state index contributed by atoms with van der Waals surface area (Å²) >= 11 is 3.48. The minimum absolute atomic E-state index is 0.603. The Hall–Kier alpha value is -1.16. The second-order valence-corrected chi connectivity index (χ2v) is 5.17. The lowest BCUT2D eigenvalue weighted by atomic mass is 10.1. The largest absolute Gasteiger partial charge is 0.326 e. The first-order valence-electron chi connectivity index (χ1n) is 6.01. The molecule has 0 aliphatic heterocycles. The standard InChI is InChI=1S/C15H17BrN2/c16-15-3-1-2-14(8-15)11-18-10-13-6-4-12(9-17)5-7-13/h1-8,18H,9-11,17H2. The maximum atomic E-state index is 5.57. The van der Waals surface area contributed by atoms with Crippen molar-refractivity contribution in [3.8, 4) is 0 Å². The van der Waals surface area contributed by atoms with Gasteiger partial charge in [-0.2, -0.15) is 0 Å². The van der Waals surface area contributed by atoms with Crippen LogP contribution >= 0.6 is 15.9 Å². The Balaban J connectivity index is 1.84. The Morgan fingerprint density at radius 1 is 0.889 bits per heavy atom. The molecule has 0 saturated heterocycles. The van der Waals surface area contributed by atoms with Crippen molar-refractivity contribution >= 4 is 15.9 Å². The van der Waals surface area contributed by atoms with E-state index in [1.165, 1.54) is 16.7 Å². The SMILES string of the molecule is NCc1ccc(CNCc2cccc(Br)c2)cc1. The Bertz CT molecular complexity index is 494. The van der Waals surface area contributed by atoms with Gasteiger partial charge < -0.3 is 11.1 Å². The Labute approximate surface area is 116 Å². The second-order valence-electron chi connectivity index (χ2n) is 4.25. The zero-order valence-electron chi connectivity index (χ0n) is 10.2. The number of nitrogens with one attached hydrogen (secondary N) is 1. The molecule has 3 N–H and O–H groups in total. The summed E-state index contributed by atoms with van der Waals surface area (Å²) in [5.74, 6) is 0. The number of rotatable bonds is 5. The van der Waals surface area contributed by atoms with Crippen LogP contribution in [0, 0.1) is 0 Å². The van der Waals surface area contributed by atoms with Gasteiger partial charge in [0.05, 0.1) is 0 Å². The van der Waals surface area contributed by atoms with Crippen LogP contribution in [0.25, 0.3) is 0 Å². The molecule has 0 amide bonds. The molecule has 2 nitrogen and oxygen atoms in total. The molecule has 0 aliphatic rings. The first-order chi connectivity index (χ1) is 8.78. The molecule has 0 fully saturated rings. The summed E-state index contributed by atoms with van der Waals surface area (Å²) in [4.78, 5) is 0. The fourth-order valence-corrected chi connectivity index (χ4v) is 2.24. The van der Waals surface area contributed by atoms with Gasteiger partial charge in [-0.05, 0) is 28.8 Å².